The fourth-order valence-electron chi connectivity index (χ4n) is 1.64. The van der Waals surface area contributed by atoms with E-state index >= 15 is 0 Å². The summed E-state index contributed by atoms with van der Waals surface area (Å²) in [6, 6.07) is 3.95. The van der Waals surface area contributed by atoms with Gasteiger partial charge in [0.1, 0.15) is 5.56 Å². The number of aromatic hydroxyl groups is 1. The number of aromatic carboxylic acids is 1. The first kappa shape index (κ1) is 13.6. The lowest BCUT2D eigenvalue weighted by molar-refractivity contribution is -0.142. The monoisotopic (exact) mass is 335 g/mol. The van der Waals surface area contributed by atoms with E-state index in [1.165, 1.54) is 18.2 Å². The standard InChI is InChI=1S/C11H5BrF3NO3/c12-4-1-2-6-5(3-4)7(10(18)19)8(17)9(16-6)11(13,14)15/h1-3,17H,(H,18,19). The zero-order chi connectivity index (χ0) is 14.4. The van der Waals surface area contributed by atoms with Crippen LogP contribution >= 0.6 is 15.9 Å². The molecule has 100 valence electrons. The number of hydrogen-bond acceptors (Lipinski definition) is 3. The Morgan fingerprint density at radius 1 is 1.32 bits per heavy atom. The SMILES string of the molecule is O=C(O)c1c(O)c(C(F)(F)F)nc2ccc(Br)cc12. The third-order valence-corrected chi connectivity index (χ3v) is 2.90. The van der Waals surface area contributed by atoms with Crippen LogP contribution in [0.4, 0.5) is 13.2 Å². The molecule has 0 unspecified atom stereocenters. The van der Waals surface area contributed by atoms with E-state index in [1.807, 2.05) is 0 Å². The maximum Gasteiger partial charge on any atom is 0.437 e. The predicted molar refractivity (Wildman–Crippen MR) is 63.1 cm³/mol. The summed E-state index contributed by atoms with van der Waals surface area (Å²) < 4.78 is 38.5. The second-order valence-electron chi connectivity index (χ2n) is 3.65. The summed E-state index contributed by atoms with van der Waals surface area (Å²) in [5.41, 5.74) is -2.59. The molecule has 1 heterocycles. The molecule has 0 spiro atoms. The lowest BCUT2D eigenvalue weighted by Crippen LogP contribution is -2.12. The minimum absolute atomic E-state index is 0.0765. The van der Waals surface area contributed by atoms with Gasteiger partial charge in [0.05, 0.1) is 5.52 Å². The van der Waals surface area contributed by atoms with Gasteiger partial charge in [-0.15, -0.1) is 0 Å². The van der Waals surface area contributed by atoms with Gasteiger partial charge in [0.2, 0.25) is 0 Å². The lowest BCUT2D eigenvalue weighted by atomic mass is 10.1. The van der Waals surface area contributed by atoms with Crippen molar-refractivity contribution in [3.8, 4) is 5.75 Å². The Morgan fingerprint density at radius 3 is 2.47 bits per heavy atom. The molecule has 1 aromatic heterocycles. The summed E-state index contributed by atoms with van der Waals surface area (Å²) in [4.78, 5) is 14.3. The van der Waals surface area contributed by atoms with E-state index in [-0.39, 0.29) is 10.9 Å². The molecule has 0 radical (unpaired) electrons. The minimum atomic E-state index is -4.93. The highest BCUT2D eigenvalue weighted by Crippen LogP contribution is 2.39. The Bertz CT molecular complexity index is 685. The first-order chi connectivity index (χ1) is 8.71. The number of benzene rings is 1. The molecule has 19 heavy (non-hydrogen) atoms. The summed E-state index contributed by atoms with van der Waals surface area (Å²) in [7, 11) is 0. The maximum absolute atomic E-state index is 12.7. The summed E-state index contributed by atoms with van der Waals surface area (Å²) in [6.45, 7) is 0. The van der Waals surface area contributed by atoms with Gasteiger partial charge >= 0.3 is 12.1 Å². The van der Waals surface area contributed by atoms with Crippen molar-refractivity contribution in [2.75, 3.05) is 0 Å². The molecule has 0 aliphatic rings. The van der Waals surface area contributed by atoms with Gasteiger partial charge in [0, 0.05) is 9.86 Å². The van der Waals surface area contributed by atoms with Crippen LogP contribution in [-0.4, -0.2) is 21.2 Å². The Hall–Kier alpha value is -1.83. The summed E-state index contributed by atoms with van der Waals surface area (Å²) in [5.74, 6) is -3.04. The molecule has 0 saturated carbocycles. The molecule has 0 amide bonds. The topological polar surface area (TPSA) is 70.4 Å². The van der Waals surface area contributed by atoms with Crippen molar-refractivity contribution in [2.45, 2.75) is 6.18 Å². The van der Waals surface area contributed by atoms with Crippen LogP contribution in [-0.2, 0) is 6.18 Å². The fraction of sp³-hybridized carbons (Fsp3) is 0.0909. The van der Waals surface area contributed by atoms with Crippen LogP contribution < -0.4 is 0 Å². The Kier molecular flexibility index (Phi) is 3.13. The van der Waals surface area contributed by atoms with E-state index in [0.717, 1.165) is 0 Å². The summed E-state index contributed by atoms with van der Waals surface area (Å²) >= 11 is 3.07. The zero-order valence-corrected chi connectivity index (χ0v) is 10.6. The average Bonchev–Trinajstić information content (AvgIpc) is 2.25. The van der Waals surface area contributed by atoms with Crippen molar-refractivity contribution in [1.82, 2.24) is 4.98 Å². The van der Waals surface area contributed by atoms with E-state index in [4.69, 9.17) is 5.11 Å². The normalized spacial score (nSPS) is 11.8. The average molecular weight is 336 g/mol. The fourth-order valence-corrected chi connectivity index (χ4v) is 2.00. The van der Waals surface area contributed by atoms with Crippen molar-refractivity contribution in [2.24, 2.45) is 0 Å². The second-order valence-corrected chi connectivity index (χ2v) is 4.56. The molecule has 2 N–H and O–H groups in total. The molecule has 0 bridgehead atoms. The lowest BCUT2D eigenvalue weighted by Gasteiger charge is -2.12. The van der Waals surface area contributed by atoms with Crippen LogP contribution in [0.1, 0.15) is 16.1 Å². The van der Waals surface area contributed by atoms with E-state index in [0.29, 0.717) is 4.47 Å². The van der Waals surface area contributed by atoms with E-state index in [1.54, 1.807) is 0 Å². The number of pyridine rings is 1. The van der Waals surface area contributed by atoms with Crippen LogP contribution in [0.2, 0.25) is 0 Å². The van der Waals surface area contributed by atoms with Crippen molar-refractivity contribution < 1.29 is 28.2 Å². The van der Waals surface area contributed by atoms with Gasteiger partial charge in [-0.1, -0.05) is 15.9 Å². The van der Waals surface area contributed by atoms with Crippen LogP contribution in [0.25, 0.3) is 10.9 Å². The molecule has 0 atom stereocenters. The van der Waals surface area contributed by atoms with Crippen LogP contribution in [0.3, 0.4) is 0 Å². The van der Waals surface area contributed by atoms with Crippen LogP contribution in [0.15, 0.2) is 22.7 Å². The van der Waals surface area contributed by atoms with Crippen molar-refractivity contribution in [1.29, 1.82) is 0 Å². The molecular weight excluding hydrogens is 331 g/mol. The number of alkyl halides is 3. The highest BCUT2D eigenvalue weighted by Gasteiger charge is 2.38. The number of rotatable bonds is 1. The van der Waals surface area contributed by atoms with Gasteiger partial charge in [-0.3, -0.25) is 0 Å². The summed E-state index contributed by atoms with van der Waals surface area (Å²) in [5, 5.41) is 18.4. The highest BCUT2D eigenvalue weighted by atomic mass is 79.9. The third kappa shape index (κ3) is 2.35. The number of aromatic nitrogens is 1. The molecule has 2 aromatic rings. The smallest absolute Gasteiger partial charge is 0.437 e. The van der Waals surface area contributed by atoms with Crippen molar-refractivity contribution in [3.05, 3.63) is 33.9 Å². The number of carboxylic acid groups (broad SMARTS) is 1. The Labute approximate surface area is 112 Å². The van der Waals surface area contributed by atoms with Gasteiger partial charge < -0.3 is 10.2 Å². The molecule has 0 fully saturated rings. The Balaban J connectivity index is 2.95. The number of halogens is 4. The van der Waals surface area contributed by atoms with Crippen LogP contribution in [0, 0.1) is 0 Å². The first-order valence-electron chi connectivity index (χ1n) is 4.84. The van der Waals surface area contributed by atoms with Crippen molar-refractivity contribution >= 4 is 32.8 Å². The highest BCUT2D eigenvalue weighted by molar-refractivity contribution is 9.10. The molecule has 0 saturated heterocycles. The molecule has 1 aromatic carbocycles. The molecule has 0 aliphatic carbocycles. The molecule has 8 heteroatoms. The van der Waals surface area contributed by atoms with Crippen LogP contribution in [0.5, 0.6) is 5.75 Å². The van der Waals surface area contributed by atoms with Gasteiger partial charge in [0.25, 0.3) is 0 Å². The van der Waals surface area contributed by atoms with Gasteiger partial charge in [-0.2, -0.15) is 13.2 Å². The minimum Gasteiger partial charge on any atom is -0.505 e. The predicted octanol–water partition coefficient (Wildman–Crippen LogP) is 3.42. The van der Waals surface area contributed by atoms with Gasteiger partial charge in [0.15, 0.2) is 11.4 Å². The first-order valence-corrected chi connectivity index (χ1v) is 5.64. The number of nitrogens with zero attached hydrogens (tertiary/aromatic N) is 1. The molecule has 0 aliphatic heterocycles. The quantitative estimate of drug-likeness (QED) is 0.837. The van der Waals surface area contributed by atoms with E-state index < -0.39 is 29.2 Å². The number of carboxylic acids is 1. The van der Waals surface area contributed by atoms with Gasteiger partial charge in [-0.25, -0.2) is 9.78 Å². The maximum atomic E-state index is 12.7. The van der Waals surface area contributed by atoms with E-state index in [9.17, 15) is 23.1 Å². The molecular formula is C11H5BrF3NO3. The largest absolute Gasteiger partial charge is 0.505 e. The Morgan fingerprint density at radius 2 is 1.95 bits per heavy atom. The number of hydrogen-bond donors (Lipinski definition) is 2. The zero-order valence-electron chi connectivity index (χ0n) is 8.99. The molecule has 2 rings (SSSR count). The summed E-state index contributed by atoms with van der Waals surface area (Å²) in [6.07, 6.45) is -4.93. The third-order valence-electron chi connectivity index (χ3n) is 2.40. The van der Waals surface area contributed by atoms with E-state index in [2.05, 4.69) is 20.9 Å². The number of fused-ring (bicyclic) bond motifs is 1. The van der Waals surface area contributed by atoms with Crippen molar-refractivity contribution in [3.63, 3.8) is 0 Å². The van der Waals surface area contributed by atoms with Gasteiger partial charge in [-0.05, 0) is 18.2 Å². The number of carbonyl (C=O) groups is 1. The second kappa shape index (κ2) is 4.37. The molecule has 4 nitrogen and oxygen atoms in total.